The van der Waals surface area contributed by atoms with Crippen LogP contribution in [-0.2, 0) is 15.9 Å². The van der Waals surface area contributed by atoms with E-state index in [0.717, 1.165) is 36.9 Å². The summed E-state index contributed by atoms with van der Waals surface area (Å²) in [6.07, 6.45) is 3.76. The van der Waals surface area contributed by atoms with Crippen LogP contribution in [0.25, 0.3) is 10.9 Å². The first-order chi connectivity index (χ1) is 13.5. The maximum atomic E-state index is 12.1. The van der Waals surface area contributed by atoms with Crippen LogP contribution < -0.4 is 5.32 Å². The molecule has 0 bridgehead atoms. The molecule has 1 heterocycles. The van der Waals surface area contributed by atoms with E-state index < -0.39 is 0 Å². The Morgan fingerprint density at radius 3 is 2.21 bits per heavy atom. The van der Waals surface area contributed by atoms with Gasteiger partial charge < -0.3 is 10.3 Å². The van der Waals surface area contributed by atoms with E-state index in [1.54, 1.807) is 6.92 Å². The third-order valence-corrected chi connectivity index (χ3v) is 6.56. The summed E-state index contributed by atoms with van der Waals surface area (Å²) in [6, 6.07) is 21.3. The molecule has 1 aliphatic rings. The fraction of sp³-hybridized carbons (Fsp3) is 0.375. The van der Waals surface area contributed by atoms with Gasteiger partial charge >= 0.3 is 0 Å². The lowest BCUT2D eigenvalue weighted by atomic mass is 9.67. The van der Waals surface area contributed by atoms with Crippen LogP contribution in [0.15, 0.2) is 60.7 Å². The summed E-state index contributed by atoms with van der Waals surface area (Å²) in [7, 11) is 4.34. The van der Waals surface area contributed by atoms with Gasteiger partial charge in [0.2, 0.25) is 5.91 Å². The molecule has 0 spiro atoms. The molecule has 4 nitrogen and oxygen atoms in total. The van der Waals surface area contributed by atoms with Crippen LogP contribution in [0.4, 0.5) is 0 Å². The number of benzene rings is 2. The Balaban J connectivity index is 1.72. The first-order valence-electron chi connectivity index (χ1n) is 10.1. The Morgan fingerprint density at radius 2 is 1.61 bits per heavy atom. The minimum Gasteiger partial charge on any atom is -0.356 e. The number of aromatic nitrogens is 1. The van der Waals surface area contributed by atoms with E-state index in [4.69, 9.17) is 0 Å². The van der Waals surface area contributed by atoms with Crippen LogP contribution in [0.2, 0.25) is 0 Å². The predicted octanol–water partition coefficient (Wildman–Crippen LogP) is 4.53. The van der Waals surface area contributed by atoms with Gasteiger partial charge in [0.25, 0.3) is 0 Å². The number of H-pyrrole nitrogens is 1. The Hall–Kier alpha value is -2.59. The van der Waals surface area contributed by atoms with Gasteiger partial charge in [0.15, 0.2) is 0 Å². The summed E-state index contributed by atoms with van der Waals surface area (Å²) < 4.78 is 0. The predicted molar refractivity (Wildman–Crippen MR) is 114 cm³/mol. The first kappa shape index (κ1) is 18.8. The summed E-state index contributed by atoms with van der Waals surface area (Å²) >= 11 is 0. The molecule has 0 radical (unpaired) electrons. The van der Waals surface area contributed by atoms with Crippen molar-refractivity contribution >= 4 is 16.8 Å². The van der Waals surface area contributed by atoms with Crippen molar-refractivity contribution in [1.82, 2.24) is 15.2 Å². The highest BCUT2D eigenvalue weighted by molar-refractivity contribution is 5.81. The highest BCUT2D eigenvalue weighted by atomic mass is 16.1. The zero-order valence-electron chi connectivity index (χ0n) is 17.0. The molecule has 4 heteroatoms. The number of carbonyl (C=O) groups excluding carboxylic acids is 1. The number of amides is 1. The Labute approximate surface area is 166 Å². The van der Waals surface area contributed by atoms with E-state index >= 15 is 0 Å². The molecule has 2 N–H and O–H groups in total. The van der Waals surface area contributed by atoms with Crippen LogP contribution in [0.5, 0.6) is 0 Å². The lowest BCUT2D eigenvalue weighted by molar-refractivity contribution is -0.122. The van der Waals surface area contributed by atoms with Gasteiger partial charge in [-0.05, 0) is 62.9 Å². The molecule has 0 unspecified atom stereocenters. The summed E-state index contributed by atoms with van der Waals surface area (Å²) in [5.74, 6) is 0.0238. The average Bonchev–Trinajstić information content (AvgIpc) is 3.14. The molecule has 1 saturated carbocycles. The maximum absolute atomic E-state index is 12.1. The summed E-state index contributed by atoms with van der Waals surface area (Å²) in [4.78, 5) is 18.1. The summed E-state index contributed by atoms with van der Waals surface area (Å²) in [5.41, 5.74) is 3.24. The molecule has 1 fully saturated rings. The van der Waals surface area contributed by atoms with Gasteiger partial charge in [-0.1, -0.05) is 48.5 Å². The second kappa shape index (κ2) is 7.10. The van der Waals surface area contributed by atoms with Crippen molar-refractivity contribution in [3.8, 4) is 0 Å². The second-order valence-electron chi connectivity index (χ2n) is 8.33. The zero-order chi connectivity index (χ0) is 19.8. The molecular weight excluding hydrogens is 346 g/mol. The molecule has 3 aromatic rings. The number of nitrogens with one attached hydrogen (secondary N) is 2. The largest absolute Gasteiger partial charge is 0.356 e. The third kappa shape index (κ3) is 3.12. The molecule has 1 aliphatic carbocycles. The van der Waals surface area contributed by atoms with Crippen LogP contribution in [-0.4, -0.2) is 29.9 Å². The van der Waals surface area contributed by atoms with Gasteiger partial charge in [0.05, 0.1) is 5.54 Å². The lowest BCUT2D eigenvalue weighted by Crippen LogP contribution is -2.54. The Morgan fingerprint density at radius 1 is 0.964 bits per heavy atom. The quantitative estimate of drug-likeness (QED) is 0.704. The van der Waals surface area contributed by atoms with Gasteiger partial charge in [-0.2, -0.15) is 0 Å². The number of hydrogen-bond donors (Lipinski definition) is 2. The Bertz CT molecular complexity index is 933. The highest BCUT2D eigenvalue weighted by Crippen LogP contribution is 2.48. The second-order valence-corrected chi connectivity index (χ2v) is 8.33. The Kier molecular flexibility index (Phi) is 4.76. The van der Waals surface area contributed by atoms with Gasteiger partial charge in [0, 0.05) is 23.7 Å². The van der Waals surface area contributed by atoms with E-state index in [-0.39, 0.29) is 17.0 Å². The minimum absolute atomic E-state index is 0.00472. The van der Waals surface area contributed by atoms with Crippen LogP contribution in [0.3, 0.4) is 0 Å². The number of fused-ring (bicyclic) bond motifs is 1. The number of aromatic amines is 1. The molecular formula is C24H29N3O. The number of rotatable bonds is 4. The van der Waals surface area contributed by atoms with Gasteiger partial charge in [-0.25, -0.2) is 0 Å². The molecule has 0 saturated heterocycles. The van der Waals surface area contributed by atoms with E-state index in [2.05, 4.69) is 83.9 Å². The number of hydrogen-bond acceptors (Lipinski definition) is 2. The van der Waals surface area contributed by atoms with Crippen molar-refractivity contribution in [1.29, 1.82) is 0 Å². The lowest BCUT2D eigenvalue weighted by Gasteiger charge is -2.50. The maximum Gasteiger partial charge on any atom is 0.217 e. The van der Waals surface area contributed by atoms with Crippen molar-refractivity contribution in [2.24, 2.45) is 0 Å². The monoisotopic (exact) mass is 375 g/mol. The SMILES string of the molecule is CC(=O)NC1(c2cc3ccccc3[nH]2)CCC(c2ccccc2)(N(C)C)CC1. The molecule has 1 amide bonds. The molecule has 1 aromatic heterocycles. The topological polar surface area (TPSA) is 48.1 Å². The van der Waals surface area contributed by atoms with Gasteiger partial charge in [-0.3, -0.25) is 9.69 Å². The normalized spacial score (nSPS) is 25.1. The van der Waals surface area contributed by atoms with Crippen LogP contribution in [0, 0.1) is 0 Å². The van der Waals surface area contributed by atoms with Gasteiger partial charge in [-0.15, -0.1) is 0 Å². The van der Waals surface area contributed by atoms with E-state index in [0.29, 0.717) is 0 Å². The number of para-hydroxylation sites is 1. The molecule has 2 aromatic carbocycles. The molecule has 0 aliphatic heterocycles. The average molecular weight is 376 g/mol. The smallest absolute Gasteiger partial charge is 0.217 e. The van der Waals surface area contributed by atoms with Crippen LogP contribution >= 0.6 is 0 Å². The van der Waals surface area contributed by atoms with Crippen molar-refractivity contribution in [2.45, 2.75) is 43.7 Å². The third-order valence-electron chi connectivity index (χ3n) is 6.56. The van der Waals surface area contributed by atoms with Crippen molar-refractivity contribution in [2.75, 3.05) is 14.1 Å². The molecule has 146 valence electrons. The number of nitrogens with zero attached hydrogens (tertiary/aromatic N) is 1. The minimum atomic E-state index is -0.348. The fourth-order valence-electron chi connectivity index (χ4n) is 4.96. The highest BCUT2D eigenvalue weighted by Gasteiger charge is 2.46. The zero-order valence-corrected chi connectivity index (χ0v) is 17.0. The van der Waals surface area contributed by atoms with Crippen molar-refractivity contribution < 1.29 is 4.79 Å². The number of carbonyl (C=O) groups is 1. The van der Waals surface area contributed by atoms with Gasteiger partial charge in [0.1, 0.15) is 0 Å². The standard InChI is InChI=1S/C24H29N3O/c1-18(28)26-23(22-17-19-9-7-8-12-21(19)25-22)13-15-24(16-14-23,27(2)3)20-10-5-4-6-11-20/h4-12,17,25H,13-16H2,1-3H3,(H,26,28). The van der Waals surface area contributed by atoms with E-state index in [1.165, 1.54) is 10.9 Å². The fourth-order valence-corrected chi connectivity index (χ4v) is 4.96. The van der Waals surface area contributed by atoms with E-state index in [9.17, 15) is 4.79 Å². The summed E-state index contributed by atoms with van der Waals surface area (Å²) in [6.45, 7) is 1.62. The first-order valence-corrected chi connectivity index (χ1v) is 10.1. The van der Waals surface area contributed by atoms with Crippen LogP contribution in [0.1, 0.15) is 43.9 Å². The van der Waals surface area contributed by atoms with Crippen molar-refractivity contribution in [3.05, 3.63) is 71.9 Å². The molecule has 4 rings (SSSR count). The van der Waals surface area contributed by atoms with Crippen molar-refractivity contribution in [3.63, 3.8) is 0 Å². The summed E-state index contributed by atoms with van der Waals surface area (Å²) in [5, 5.41) is 4.50. The molecule has 0 atom stereocenters. The molecule has 28 heavy (non-hydrogen) atoms. The van der Waals surface area contributed by atoms with E-state index in [1.807, 2.05) is 6.07 Å².